The number of nitrogens with zero attached hydrogens (tertiary/aromatic N) is 1. The molecular weight excluding hydrogens is 162 g/mol. The molecule has 0 aromatic carbocycles. The third kappa shape index (κ3) is 4.15. The van der Waals surface area contributed by atoms with Gasteiger partial charge in [0.05, 0.1) is 6.54 Å². The summed E-state index contributed by atoms with van der Waals surface area (Å²) in [5, 5.41) is 6.59. The number of hydrogen-bond acceptors (Lipinski definition) is 3. The van der Waals surface area contributed by atoms with Crippen molar-refractivity contribution in [3.05, 3.63) is 0 Å². The molecule has 0 bridgehead atoms. The molecule has 1 aliphatic rings. The third-order valence-electron chi connectivity index (χ3n) is 2.23. The van der Waals surface area contributed by atoms with Crippen molar-refractivity contribution in [2.75, 3.05) is 13.1 Å². The second-order valence-corrected chi connectivity index (χ2v) is 4.17. The molecular formula is C10H21N3. The van der Waals surface area contributed by atoms with E-state index in [9.17, 15) is 0 Å². The van der Waals surface area contributed by atoms with Crippen molar-refractivity contribution < 1.29 is 0 Å². The van der Waals surface area contributed by atoms with E-state index in [-0.39, 0.29) is 0 Å². The van der Waals surface area contributed by atoms with Crippen LogP contribution in [-0.4, -0.2) is 25.1 Å². The van der Waals surface area contributed by atoms with E-state index < -0.39 is 0 Å². The van der Waals surface area contributed by atoms with E-state index in [1.807, 2.05) is 0 Å². The van der Waals surface area contributed by atoms with Gasteiger partial charge in [0.2, 0.25) is 0 Å². The molecule has 0 aromatic heterocycles. The van der Waals surface area contributed by atoms with Crippen LogP contribution in [0.15, 0.2) is 4.99 Å². The second-order valence-electron chi connectivity index (χ2n) is 4.17. The van der Waals surface area contributed by atoms with Crippen molar-refractivity contribution in [3.8, 4) is 0 Å². The number of hydrogen-bond donors (Lipinski definition) is 2. The van der Waals surface area contributed by atoms with Crippen LogP contribution in [0.25, 0.3) is 0 Å². The predicted octanol–water partition coefficient (Wildman–Crippen LogP) is 1.36. The number of aliphatic imine (C=N–C) groups is 1. The van der Waals surface area contributed by atoms with Crippen molar-refractivity contribution in [2.24, 2.45) is 10.9 Å². The predicted molar refractivity (Wildman–Crippen MR) is 57.0 cm³/mol. The molecule has 0 amide bonds. The average molecular weight is 183 g/mol. The van der Waals surface area contributed by atoms with E-state index >= 15 is 0 Å². The van der Waals surface area contributed by atoms with E-state index in [0.717, 1.165) is 25.0 Å². The van der Waals surface area contributed by atoms with Crippen LogP contribution in [0.2, 0.25) is 0 Å². The fourth-order valence-electron chi connectivity index (χ4n) is 1.38. The third-order valence-corrected chi connectivity index (χ3v) is 2.23. The fraction of sp³-hybridized carbons (Fsp3) is 0.900. The second kappa shape index (κ2) is 5.10. The highest BCUT2D eigenvalue weighted by atomic mass is 15.2. The molecule has 76 valence electrons. The summed E-state index contributed by atoms with van der Waals surface area (Å²) in [7, 11) is 0. The van der Waals surface area contributed by atoms with Crippen LogP contribution in [-0.2, 0) is 0 Å². The number of guanidine groups is 1. The molecule has 0 saturated carbocycles. The molecule has 13 heavy (non-hydrogen) atoms. The Hall–Kier alpha value is -0.730. The number of rotatable bonds is 4. The van der Waals surface area contributed by atoms with Gasteiger partial charge >= 0.3 is 0 Å². The molecule has 0 saturated heterocycles. The normalized spacial score (nSPS) is 18.3. The topological polar surface area (TPSA) is 36.4 Å². The molecule has 0 aromatic rings. The molecule has 2 N–H and O–H groups in total. The first-order chi connectivity index (χ1) is 6.18. The summed E-state index contributed by atoms with van der Waals surface area (Å²) in [6.07, 6.45) is 2.50. The van der Waals surface area contributed by atoms with Crippen LogP contribution >= 0.6 is 0 Å². The summed E-state index contributed by atoms with van der Waals surface area (Å²) in [4.78, 5) is 4.30. The van der Waals surface area contributed by atoms with E-state index in [2.05, 4.69) is 36.4 Å². The zero-order chi connectivity index (χ0) is 9.68. The zero-order valence-corrected chi connectivity index (χ0v) is 8.93. The van der Waals surface area contributed by atoms with Crippen molar-refractivity contribution in [2.45, 2.75) is 39.7 Å². The molecule has 0 aliphatic carbocycles. The van der Waals surface area contributed by atoms with Gasteiger partial charge in [-0.15, -0.1) is 0 Å². The van der Waals surface area contributed by atoms with E-state index in [1.165, 1.54) is 12.8 Å². The van der Waals surface area contributed by atoms with Crippen LogP contribution in [0.3, 0.4) is 0 Å². The van der Waals surface area contributed by atoms with Gasteiger partial charge in [0, 0.05) is 12.6 Å². The Morgan fingerprint density at radius 2 is 2.15 bits per heavy atom. The van der Waals surface area contributed by atoms with Crippen molar-refractivity contribution in [3.63, 3.8) is 0 Å². The first-order valence-corrected chi connectivity index (χ1v) is 5.23. The minimum Gasteiger partial charge on any atom is -0.355 e. The van der Waals surface area contributed by atoms with Crippen molar-refractivity contribution >= 4 is 5.96 Å². The molecule has 0 spiro atoms. The van der Waals surface area contributed by atoms with Gasteiger partial charge < -0.3 is 10.6 Å². The largest absolute Gasteiger partial charge is 0.355 e. The molecule has 1 rings (SSSR count). The fourth-order valence-corrected chi connectivity index (χ4v) is 1.38. The van der Waals surface area contributed by atoms with Crippen LogP contribution in [0.1, 0.15) is 33.6 Å². The first kappa shape index (κ1) is 10.4. The highest BCUT2D eigenvalue weighted by molar-refractivity contribution is 5.81. The van der Waals surface area contributed by atoms with E-state index in [1.54, 1.807) is 0 Å². The highest BCUT2D eigenvalue weighted by Gasteiger charge is 2.08. The van der Waals surface area contributed by atoms with Gasteiger partial charge in [0.25, 0.3) is 0 Å². The SMILES string of the molecule is CC(C)CCC(C)NC1=NCCN1. The molecule has 0 radical (unpaired) electrons. The van der Waals surface area contributed by atoms with Gasteiger partial charge in [-0.2, -0.15) is 0 Å². The molecule has 1 unspecified atom stereocenters. The Bertz CT molecular complexity index is 175. The maximum Gasteiger partial charge on any atom is 0.191 e. The monoisotopic (exact) mass is 183 g/mol. The average Bonchev–Trinajstić information content (AvgIpc) is 2.53. The van der Waals surface area contributed by atoms with Gasteiger partial charge in [0.1, 0.15) is 0 Å². The van der Waals surface area contributed by atoms with E-state index in [4.69, 9.17) is 0 Å². The van der Waals surface area contributed by atoms with Gasteiger partial charge in [0.15, 0.2) is 5.96 Å². The lowest BCUT2D eigenvalue weighted by atomic mass is 10.0. The van der Waals surface area contributed by atoms with Gasteiger partial charge in [-0.05, 0) is 25.7 Å². The van der Waals surface area contributed by atoms with Gasteiger partial charge in [-0.25, -0.2) is 0 Å². The Labute approximate surface area is 81.0 Å². The standard InChI is InChI=1S/C10H21N3/c1-8(2)4-5-9(3)13-10-11-6-7-12-10/h8-9H,4-7H2,1-3H3,(H2,11,12,13). The highest BCUT2D eigenvalue weighted by Crippen LogP contribution is 2.06. The lowest BCUT2D eigenvalue weighted by Crippen LogP contribution is -2.39. The summed E-state index contributed by atoms with van der Waals surface area (Å²) in [5.74, 6) is 1.78. The summed E-state index contributed by atoms with van der Waals surface area (Å²) in [6.45, 7) is 8.64. The quantitative estimate of drug-likeness (QED) is 0.690. The van der Waals surface area contributed by atoms with Crippen LogP contribution in [0.5, 0.6) is 0 Å². The van der Waals surface area contributed by atoms with Gasteiger partial charge in [-0.1, -0.05) is 13.8 Å². The van der Waals surface area contributed by atoms with Crippen LogP contribution in [0, 0.1) is 5.92 Å². The molecule has 3 nitrogen and oxygen atoms in total. The molecule has 1 aliphatic heterocycles. The summed E-state index contributed by atoms with van der Waals surface area (Å²) < 4.78 is 0. The maximum atomic E-state index is 4.30. The first-order valence-electron chi connectivity index (χ1n) is 5.23. The Morgan fingerprint density at radius 3 is 2.69 bits per heavy atom. The molecule has 1 heterocycles. The van der Waals surface area contributed by atoms with Crippen molar-refractivity contribution in [1.82, 2.24) is 10.6 Å². The van der Waals surface area contributed by atoms with Crippen LogP contribution in [0.4, 0.5) is 0 Å². The smallest absolute Gasteiger partial charge is 0.191 e. The number of nitrogens with one attached hydrogen (secondary N) is 2. The molecule has 3 heteroatoms. The van der Waals surface area contributed by atoms with E-state index in [0.29, 0.717) is 6.04 Å². The van der Waals surface area contributed by atoms with Crippen molar-refractivity contribution in [1.29, 1.82) is 0 Å². The minimum atomic E-state index is 0.534. The zero-order valence-electron chi connectivity index (χ0n) is 8.93. The maximum absolute atomic E-state index is 4.30. The lowest BCUT2D eigenvalue weighted by Gasteiger charge is -2.15. The Balaban J connectivity index is 2.13. The summed E-state index contributed by atoms with van der Waals surface area (Å²) in [6, 6.07) is 0.534. The Kier molecular flexibility index (Phi) is 4.06. The lowest BCUT2D eigenvalue weighted by molar-refractivity contribution is 0.490. The summed E-state index contributed by atoms with van der Waals surface area (Å²) >= 11 is 0. The van der Waals surface area contributed by atoms with Gasteiger partial charge in [-0.3, -0.25) is 4.99 Å². The molecule has 1 atom stereocenters. The minimum absolute atomic E-state index is 0.534. The summed E-state index contributed by atoms with van der Waals surface area (Å²) in [5.41, 5.74) is 0. The Morgan fingerprint density at radius 1 is 1.38 bits per heavy atom. The molecule has 0 fully saturated rings. The van der Waals surface area contributed by atoms with Crippen LogP contribution < -0.4 is 10.6 Å².